The standard InChI is InChI=1S/C15H9NOS/c16-9-12-6-5-11(7-13(12)17)15-8-10-3-1-2-4-14(10)18-15/h1-8,17H. The first-order valence-corrected chi connectivity index (χ1v) is 6.31. The summed E-state index contributed by atoms with van der Waals surface area (Å²) in [6, 6.07) is 17.4. The highest BCUT2D eigenvalue weighted by molar-refractivity contribution is 7.22. The van der Waals surface area contributed by atoms with E-state index in [1.807, 2.05) is 24.3 Å². The van der Waals surface area contributed by atoms with Gasteiger partial charge in [-0.05, 0) is 35.2 Å². The van der Waals surface area contributed by atoms with Crippen molar-refractivity contribution in [2.24, 2.45) is 0 Å². The molecule has 0 aliphatic rings. The summed E-state index contributed by atoms with van der Waals surface area (Å²) in [4.78, 5) is 1.09. The van der Waals surface area contributed by atoms with Gasteiger partial charge in [0.25, 0.3) is 0 Å². The van der Waals surface area contributed by atoms with Gasteiger partial charge >= 0.3 is 0 Å². The number of thiophene rings is 1. The summed E-state index contributed by atoms with van der Waals surface area (Å²) in [7, 11) is 0. The molecule has 0 radical (unpaired) electrons. The van der Waals surface area contributed by atoms with Crippen LogP contribution in [0.4, 0.5) is 0 Å². The third-order valence-corrected chi connectivity index (χ3v) is 3.99. The first-order chi connectivity index (χ1) is 8.78. The van der Waals surface area contributed by atoms with Crippen LogP contribution in [0.25, 0.3) is 20.5 Å². The van der Waals surface area contributed by atoms with E-state index >= 15 is 0 Å². The normalized spacial score (nSPS) is 10.4. The number of fused-ring (bicyclic) bond motifs is 1. The Morgan fingerprint density at radius 3 is 2.61 bits per heavy atom. The van der Waals surface area contributed by atoms with Gasteiger partial charge in [-0.1, -0.05) is 24.3 Å². The average Bonchev–Trinajstić information content (AvgIpc) is 2.82. The molecular formula is C15H9NOS. The van der Waals surface area contributed by atoms with Gasteiger partial charge in [-0.2, -0.15) is 5.26 Å². The van der Waals surface area contributed by atoms with Crippen molar-refractivity contribution in [3.63, 3.8) is 0 Å². The van der Waals surface area contributed by atoms with Gasteiger partial charge in [0.2, 0.25) is 0 Å². The number of benzene rings is 2. The van der Waals surface area contributed by atoms with Gasteiger partial charge in [0.05, 0.1) is 5.56 Å². The highest BCUT2D eigenvalue weighted by atomic mass is 32.1. The van der Waals surface area contributed by atoms with Crippen LogP contribution in [-0.4, -0.2) is 5.11 Å². The topological polar surface area (TPSA) is 44.0 Å². The third-order valence-electron chi connectivity index (χ3n) is 2.83. The second kappa shape index (κ2) is 4.17. The summed E-state index contributed by atoms with van der Waals surface area (Å²) >= 11 is 1.68. The van der Waals surface area contributed by atoms with Gasteiger partial charge in [-0.15, -0.1) is 11.3 Å². The molecule has 0 fully saturated rings. The molecular weight excluding hydrogens is 242 g/mol. The van der Waals surface area contributed by atoms with E-state index in [2.05, 4.69) is 18.2 Å². The third kappa shape index (κ3) is 1.73. The fourth-order valence-corrected chi connectivity index (χ4v) is 2.96. The summed E-state index contributed by atoms with van der Waals surface area (Å²) in [6.07, 6.45) is 0. The van der Waals surface area contributed by atoms with Crippen LogP contribution >= 0.6 is 11.3 Å². The molecule has 0 saturated carbocycles. The van der Waals surface area contributed by atoms with Gasteiger partial charge in [0, 0.05) is 9.58 Å². The molecule has 3 rings (SSSR count). The van der Waals surface area contributed by atoms with Crippen molar-refractivity contribution in [2.45, 2.75) is 0 Å². The Balaban J connectivity index is 2.15. The maximum absolute atomic E-state index is 9.71. The molecule has 0 spiro atoms. The summed E-state index contributed by atoms with van der Waals surface area (Å²) in [5.74, 6) is 0.0347. The second-order valence-electron chi connectivity index (χ2n) is 3.99. The molecule has 0 aliphatic heterocycles. The molecule has 3 aromatic rings. The number of aromatic hydroxyl groups is 1. The van der Waals surface area contributed by atoms with Crippen LogP contribution in [0.3, 0.4) is 0 Å². The molecule has 1 heterocycles. The fraction of sp³-hybridized carbons (Fsp3) is 0. The predicted octanol–water partition coefficient (Wildman–Crippen LogP) is 4.15. The largest absolute Gasteiger partial charge is 0.507 e. The maximum atomic E-state index is 9.71. The summed E-state index contributed by atoms with van der Waals surface area (Å²) in [5.41, 5.74) is 1.24. The van der Waals surface area contributed by atoms with Crippen molar-refractivity contribution in [3.05, 3.63) is 54.1 Å². The van der Waals surface area contributed by atoms with Gasteiger partial charge < -0.3 is 5.11 Å². The van der Waals surface area contributed by atoms with Crippen molar-refractivity contribution >= 4 is 21.4 Å². The lowest BCUT2D eigenvalue weighted by Gasteiger charge is -1.99. The lowest BCUT2D eigenvalue weighted by atomic mass is 10.1. The Bertz CT molecular complexity index is 735. The van der Waals surface area contributed by atoms with E-state index in [9.17, 15) is 5.11 Å². The Morgan fingerprint density at radius 1 is 1.06 bits per heavy atom. The zero-order chi connectivity index (χ0) is 12.5. The average molecular weight is 251 g/mol. The van der Waals surface area contributed by atoms with Crippen molar-refractivity contribution in [2.75, 3.05) is 0 Å². The maximum Gasteiger partial charge on any atom is 0.133 e. The molecule has 1 N–H and O–H groups in total. The number of hydrogen-bond acceptors (Lipinski definition) is 3. The molecule has 0 saturated heterocycles. The zero-order valence-corrected chi connectivity index (χ0v) is 10.2. The Labute approximate surface area is 108 Å². The SMILES string of the molecule is N#Cc1ccc(-c2cc3ccccc3s2)cc1O. The molecule has 2 nitrogen and oxygen atoms in total. The predicted molar refractivity (Wildman–Crippen MR) is 73.6 cm³/mol. The van der Waals surface area contributed by atoms with Crippen molar-refractivity contribution < 1.29 is 5.11 Å². The van der Waals surface area contributed by atoms with Crippen LogP contribution in [0.2, 0.25) is 0 Å². The smallest absolute Gasteiger partial charge is 0.133 e. The number of rotatable bonds is 1. The van der Waals surface area contributed by atoms with E-state index < -0.39 is 0 Å². The van der Waals surface area contributed by atoms with E-state index in [-0.39, 0.29) is 5.75 Å². The first-order valence-electron chi connectivity index (χ1n) is 5.50. The number of nitrogens with zero attached hydrogens (tertiary/aromatic N) is 1. The van der Waals surface area contributed by atoms with Gasteiger partial charge in [-0.3, -0.25) is 0 Å². The molecule has 3 heteroatoms. The molecule has 0 bridgehead atoms. The Hall–Kier alpha value is -2.31. The van der Waals surface area contributed by atoms with E-state index in [1.165, 1.54) is 10.1 Å². The molecule has 0 unspecified atom stereocenters. The van der Waals surface area contributed by atoms with E-state index in [1.54, 1.807) is 23.5 Å². The summed E-state index contributed by atoms with van der Waals surface area (Å²) < 4.78 is 1.22. The van der Waals surface area contributed by atoms with E-state index in [4.69, 9.17) is 5.26 Å². The van der Waals surface area contributed by atoms with Crippen LogP contribution in [0.1, 0.15) is 5.56 Å². The second-order valence-corrected chi connectivity index (χ2v) is 5.08. The highest BCUT2D eigenvalue weighted by Crippen LogP contribution is 2.35. The quantitative estimate of drug-likeness (QED) is 0.706. The molecule has 0 amide bonds. The van der Waals surface area contributed by atoms with Gasteiger partial charge in [-0.25, -0.2) is 0 Å². The minimum absolute atomic E-state index is 0.0347. The van der Waals surface area contributed by atoms with Crippen molar-refractivity contribution in [1.82, 2.24) is 0 Å². The van der Waals surface area contributed by atoms with Crippen LogP contribution in [0.5, 0.6) is 5.75 Å². The molecule has 86 valence electrons. The van der Waals surface area contributed by atoms with Crippen LogP contribution in [-0.2, 0) is 0 Å². The number of hydrogen-bond donors (Lipinski definition) is 1. The highest BCUT2D eigenvalue weighted by Gasteiger charge is 2.07. The van der Waals surface area contributed by atoms with Crippen LogP contribution in [0.15, 0.2) is 48.5 Å². The monoisotopic (exact) mass is 251 g/mol. The van der Waals surface area contributed by atoms with Crippen LogP contribution < -0.4 is 0 Å². The number of phenolic OH excluding ortho intramolecular Hbond substituents is 1. The summed E-state index contributed by atoms with van der Waals surface area (Å²) in [6.45, 7) is 0. The molecule has 1 aromatic heterocycles. The van der Waals surface area contributed by atoms with E-state index in [0.29, 0.717) is 5.56 Å². The first kappa shape index (κ1) is 10.8. The zero-order valence-electron chi connectivity index (χ0n) is 9.42. The Morgan fingerprint density at radius 2 is 1.89 bits per heavy atom. The molecule has 2 aromatic carbocycles. The number of nitriles is 1. The molecule has 0 atom stereocenters. The fourth-order valence-electron chi connectivity index (χ4n) is 1.90. The lowest BCUT2D eigenvalue weighted by Crippen LogP contribution is -1.77. The summed E-state index contributed by atoms with van der Waals surface area (Å²) in [5, 5.41) is 19.7. The Kier molecular flexibility index (Phi) is 2.51. The van der Waals surface area contributed by atoms with Gasteiger partial charge in [0.1, 0.15) is 11.8 Å². The lowest BCUT2D eigenvalue weighted by molar-refractivity contribution is 0.474. The van der Waals surface area contributed by atoms with Gasteiger partial charge in [0.15, 0.2) is 0 Å². The minimum Gasteiger partial charge on any atom is -0.507 e. The van der Waals surface area contributed by atoms with Crippen molar-refractivity contribution in [1.29, 1.82) is 5.26 Å². The molecule has 18 heavy (non-hydrogen) atoms. The van der Waals surface area contributed by atoms with E-state index in [0.717, 1.165) is 10.4 Å². The van der Waals surface area contributed by atoms with Crippen LogP contribution in [0, 0.1) is 11.3 Å². The molecule has 0 aliphatic carbocycles. The minimum atomic E-state index is 0.0347. The van der Waals surface area contributed by atoms with Crippen molar-refractivity contribution in [3.8, 4) is 22.3 Å². The number of phenols is 1.